The van der Waals surface area contributed by atoms with Crippen molar-refractivity contribution in [1.29, 1.82) is 0 Å². The van der Waals surface area contributed by atoms with Crippen LogP contribution in [0.2, 0.25) is 0 Å². The van der Waals surface area contributed by atoms with Gasteiger partial charge in [-0.3, -0.25) is 43.7 Å². The molecule has 1 unspecified atom stereocenters. The number of hydrogen-bond donors (Lipinski definition) is 2. The molecule has 5 heterocycles. The van der Waals surface area contributed by atoms with Crippen molar-refractivity contribution in [2.75, 3.05) is 31.6 Å². The van der Waals surface area contributed by atoms with E-state index in [1.54, 1.807) is 49.0 Å². The van der Waals surface area contributed by atoms with Crippen LogP contribution in [0, 0.1) is 6.92 Å². The average molecular weight is 832 g/mol. The summed E-state index contributed by atoms with van der Waals surface area (Å²) in [6.07, 6.45) is 2.95. The number of halogens is 3. The Hall–Kier alpha value is -5.84. The molecule has 2 aromatic heterocycles. The highest BCUT2D eigenvalue weighted by molar-refractivity contribution is 6.25. The Morgan fingerprint density at radius 1 is 0.933 bits per heavy atom. The van der Waals surface area contributed by atoms with Crippen LogP contribution in [0.25, 0.3) is 22.2 Å². The van der Waals surface area contributed by atoms with Crippen molar-refractivity contribution in [2.24, 2.45) is 7.05 Å². The number of benzene rings is 2. The van der Waals surface area contributed by atoms with E-state index in [2.05, 4.69) is 15.4 Å². The number of fused-ring (bicyclic) bond motifs is 2. The lowest BCUT2D eigenvalue weighted by Gasteiger charge is -2.32. The maximum Gasteiger partial charge on any atom is 0.522 e. The molecule has 4 aromatic rings. The molecule has 60 heavy (non-hydrogen) atoms. The maximum absolute atomic E-state index is 13.3. The van der Waals surface area contributed by atoms with Gasteiger partial charge in [-0.15, -0.1) is 13.2 Å². The van der Waals surface area contributed by atoms with Crippen LogP contribution in [0.5, 0.6) is 0 Å². The second-order valence-corrected chi connectivity index (χ2v) is 15.7. The van der Waals surface area contributed by atoms with Gasteiger partial charge in [0.05, 0.1) is 28.8 Å². The number of imide groups is 2. The molecule has 2 N–H and O–H groups in total. The smallest absolute Gasteiger partial charge is 0.384 e. The molecule has 0 bridgehead atoms. The zero-order valence-electron chi connectivity index (χ0n) is 33.6. The lowest BCUT2D eigenvalue weighted by atomic mass is 9.95. The fourth-order valence-corrected chi connectivity index (χ4v) is 8.52. The SMILES string of the molecule is Cc1cc(-c2ccc3nc(C4CCN(C(=O)CCCCCCCNc5cccc6c5C(=O)N(C5CCC(=O)NC5=O)C6=O)CC4)n(CCOC(F)(F)F)c3c2)cn(C)c1=O. The standard InChI is InChI=1S/C43H48F3N7O7/c1-26-23-29(25-50(2)40(26)57)28-12-13-31-34(24-28)52(21-22-60-43(44,45)46)38(48-31)27-16-19-51(20-17-27)36(55)11-6-4-3-5-7-18-47-32-10-8-9-30-37(32)42(59)53(41(30)58)33-14-15-35(54)49-39(33)56/h8-10,12-13,23-25,27,33,47H,3-7,11,14-22H2,1-2H3,(H,49,54,56). The Bertz CT molecular complexity index is 2360. The molecule has 14 nitrogen and oxygen atoms in total. The van der Waals surface area contributed by atoms with Gasteiger partial charge < -0.3 is 19.4 Å². The lowest BCUT2D eigenvalue weighted by Crippen LogP contribution is -2.54. The van der Waals surface area contributed by atoms with E-state index in [4.69, 9.17) is 4.98 Å². The highest BCUT2D eigenvalue weighted by Gasteiger charge is 2.45. The summed E-state index contributed by atoms with van der Waals surface area (Å²) >= 11 is 0. The minimum atomic E-state index is -4.77. The van der Waals surface area contributed by atoms with Crippen molar-refractivity contribution in [1.82, 2.24) is 29.2 Å². The number of piperidine rings is 2. The summed E-state index contributed by atoms with van der Waals surface area (Å²) in [4.78, 5) is 83.6. The summed E-state index contributed by atoms with van der Waals surface area (Å²) in [6, 6.07) is 11.3. The number of nitrogens with zero attached hydrogens (tertiary/aromatic N) is 5. The van der Waals surface area contributed by atoms with Crippen LogP contribution in [-0.2, 0) is 32.7 Å². The molecule has 3 aliphatic heterocycles. The quantitative estimate of drug-likeness (QED) is 0.111. The van der Waals surface area contributed by atoms with E-state index in [1.807, 2.05) is 23.1 Å². The monoisotopic (exact) mass is 831 g/mol. The second-order valence-electron chi connectivity index (χ2n) is 15.7. The molecule has 2 saturated heterocycles. The summed E-state index contributed by atoms with van der Waals surface area (Å²) in [5.74, 6) is -1.51. The van der Waals surface area contributed by atoms with Crippen molar-refractivity contribution in [3.8, 4) is 11.1 Å². The Kier molecular flexibility index (Phi) is 12.5. The Morgan fingerprint density at radius 2 is 1.68 bits per heavy atom. The molecular formula is C43H48F3N7O7. The van der Waals surface area contributed by atoms with Gasteiger partial charge in [-0.05, 0) is 80.5 Å². The van der Waals surface area contributed by atoms with Crippen LogP contribution in [0.1, 0.15) is 102 Å². The summed E-state index contributed by atoms with van der Waals surface area (Å²) < 4.78 is 46.4. The fraction of sp³-hybridized carbons (Fsp3) is 0.465. The molecule has 0 radical (unpaired) electrons. The summed E-state index contributed by atoms with van der Waals surface area (Å²) in [5.41, 5.74) is 4.35. The third kappa shape index (κ3) is 9.15. The first-order chi connectivity index (χ1) is 28.7. The van der Waals surface area contributed by atoms with Gasteiger partial charge in [0.1, 0.15) is 11.9 Å². The number of carbonyl (C=O) groups is 5. The van der Waals surface area contributed by atoms with E-state index in [0.717, 1.165) is 48.1 Å². The molecule has 17 heteroatoms. The van der Waals surface area contributed by atoms with Crippen molar-refractivity contribution in [3.05, 3.63) is 81.5 Å². The first-order valence-corrected chi connectivity index (χ1v) is 20.4. The van der Waals surface area contributed by atoms with Crippen LogP contribution >= 0.6 is 0 Å². The van der Waals surface area contributed by atoms with E-state index < -0.39 is 42.6 Å². The van der Waals surface area contributed by atoms with Crippen molar-refractivity contribution in [2.45, 2.75) is 96.0 Å². The van der Waals surface area contributed by atoms with Gasteiger partial charge >= 0.3 is 6.36 Å². The molecule has 2 fully saturated rings. The predicted octanol–water partition coefficient (Wildman–Crippen LogP) is 5.81. The van der Waals surface area contributed by atoms with E-state index >= 15 is 0 Å². The zero-order valence-corrected chi connectivity index (χ0v) is 33.6. The van der Waals surface area contributed by atoms with Gasteiger partial charge in [-0.25, -0.2) is 4.98 Å². The number of anilines is 1. The molecule has 3 aliphatic rings. The number of nitrogens with one attached hydrogen (secondary N) is 2. The molecule has 1 atom stereocenters. The number of imidazole rings is 1. The maximum atomic E-state index is 13.3. The number of ether oxygens (including phenoxy) is 1. The molecule has 2 aromatic carbocycles. The van der Waals surface area contributed by atoms with Gasteiger partial charge in [0.25, 0.3) is 17.4 Å². The molecular weight excluding hydrogens is 784 g/mol. The number of amides is 5. The van der Waals surface area contributed by atoms with Gasteiger partial charge in [0.15, 0.2) is 0 Å². The normalized spacial score (nSPS) is 17.4. The predicted molar refractivity (Wildman–Crippen MR) is 215 cm³/mol. The number of likely N-dealkylation sites (tertiary alicyclic amines) is 1. The fourth-order valence-electron chi connectivity index (χ4n) is 8.52. The molecule has 5 amide bonds. The minimum absolute atomic E-state index is 0.0515. The topological polar surface area (TPSA) is 165 Å². The number of aromatic nitrogens is 3. The number of unbranched alkanes of at least 4 members (excludes halogenated alkanes) is 4. The lowest BCUT2D eigenvalue weighted by molar-refractivity contribution is -0.325. The van der Waals surface area contributed by atoms with Crippen LogP contribution in [0.3, 0.4) is 0 Å². The Labute approximate surface area is 344 Å². The van der Waals surface area contributed by atoms with Crippen LogP contribution < -0.4 is 16.2 Å². The highest BCUT2D eigenvalue weighted by atomic mass is 19.4. The van der Waals surface area contributed by atoms with E-state index in [-0.39, 0.29) is 47.9 Å². The summed E-state index contributed by atoms with van der Waals surface area (Å²) in [7, 11) is 1.67. The van der Waals surface area contributed by atoms with Crippen molar-refractivity contribution >= 4 is 46.3 Å². The average Bonchev–Trinajstić information content (AvgIpc) is 3.70. The third-order valence-corrected chi connectivity index (χ3v) is 11.6. The van der Waals surface area contributed by atoms with Crippen molar-refractivity contribution < 1.29 is 41.9 Å². The molecule has 0 spiro atoms. The van der Waals surface area contributed by atoms with Crippen molar-refractivity contribution in [3.63, 3.8) is 0 Å². The number of aryl methyl sites for hydroxylation is 2. The minimum Gasteiger partial charge on any atom is -0.384 e. The summed E-state index contributed by atoms with van der Waals surface area (Å²) in [5, 5.41) is 5.47. The van der Waals surface area contributed by atoms with Gasteiger partial charge in [0, 0.05) is 69.4 Å². The molecule has 7 rings (SSSR count). The van der Waals surface area contributed by atoms with E-state index in [1.165, 1.54) is 4.57 Å². The number of pyridine rings is 1. The molecule has 0 aliphatic carbocycles. The van der Waals surface area contributed by atoms with E-state index in [0.29, 0.717) is 67.0 Å². The van der Waals surface area contributed by atoms with Crippen LogP contribution in [0.15, 0.2) is 53.5 Å². The second kappa shape index (κ2) is 17.8. The first kappa shape index (κ1) is 42.3. The van der Waals surface area contributed by atoms with E-state index in [9.17, 15) is 41.9 Å². The number of rotatable bonds is 15. The van der Waals surface area contributed by atoms with Gasteiger partial charge in [-0.2, -0.15) is 0 Å². The first-order valence-electron chi connectivity index (χ1n) is 20.4. The Balaban J connectivity index is 0.872. The number of carbonyl (C=O) groups excluding carboxylic acids is 5. The largest absolute Gasteiger partial charge is 0.522 e. The molecule has 0 saturated carbocycles. The number of hydrogen-bond acceptors (Lipinski definition) is 9. The van der Waals surface area contributed by atoms with Gasteiger partial charge in [-0.1, -0.05) is 31.4 Å². The van der Waals surface area contributed by atoms with Crippen LogP contribution in [0.4, 0.5) is 18.9 Å². The molecule has 318 valence electrons. The van der Waals surface area contributed by atoms with Gasteiger partial charge in [0.2, 0.25) is 17.7 Å². The summed E-state index contributed by atoms with van der Waals surface area (Å²) in [6.45, 7) is 2.69. The zero-order chi connectivity index (χ0) is 42.7. The highest BCUT2D eigenvalue weighted by Crippen LogP contribution is 2.34. The Morgan fingerprint density at radius 3 is 2.42 bits per heavy atom. The number of alkyl halides is 3. The van der Waals surface area contributed by atoms with Crippen LogP contribution in [-0.4, -0.2) is 92.1 Å². The third-order valence-electron chi connectivity index (χ3n) is 11.6.